The standard InChI is InChI=1S/C20H22N2O2/c1-4-16-18(21-2)17(19(20(23)24)22(16)3)15-11-9-14(10-12-15)13-7-5-6-8-13/h9-13H,4-8H2,1,3H3,(H,23,24). The number of carboxylic acid groups (broad SMARTS) is 1. The molecule has 0 amide bonds. The maximum absolute atomic E-state index is 11.8. The first-order valence-corrected chi connectivity index (χ1v) is 8.51. The lowest BCUT2D eigenvalue weighted by Crippen LogP contribution is -2.07. The lowest BCUT2D eigenvalue weighted by atomic mass is 9.94. The van der Waals surface area contributed by atoms with E-state index < -0.39 is 5.97 Å². The summed E-state index contributed by atoms with van der Waals surface area (Å²) in [6.45, 7) is 9.47. The summed E-state index contributed by atoms with van der Waals surface area (Å²) < 4.78 is 1.65. The fourth-order valence-corrected chi connectivity index (χ4v) is 3.95. The topological polar surface area (TPSA) is 46.6 Å². The molecule has 1 aromatic heterocycles. The van der Waals surface area contributed by atoms with Crippen LogP contribution < -0.4 is 0 Å². The van der Waals surface area contributed by atoms with Crippen LogP contribution in [-0.4, -0.2) is 15.6 Å². The second-order valence-electron chi connectivity index (χ2n) is 6.45. The van der Waals surface area contributed by atoms with E-state index >= 15 is 0 Å². The van der Waals surface area contributed by atoms with E-state index in [9.17, 15) is 9.90 Å². The highest BCUT2D eigenvalue weighted by Gasteiger charge is 2.26. The van der Waals surface area contributed by atoms with E-state index in [-0.39, 0.29) is 5.69 Å². The average Bonchev–Trinajstić information content (AvgIpc) is 3.20. The Labute approximate surface area is 142 Å². The van der Waals surface area contributed by atoms with Gasteiger partial charge in [0.05, 0.1) is 6.57 Å². The van der Waals surface area contributed by atoms with Gasteiger partial charge in [-0.25, -0.2) is 9.64 Å². The van der Waals surface area contributed by atoms with Crippen LogP contribution in [0.15, 0.2) is 24.3 Å². The number of carbonyl (C=O) groups is 1. The maximum atomic E-state index is 11.8. The van der Waals surface area contributed by atoms with Crippen molar-refractivity contribution < 1.29 is 9.90 Å². The molecule has 1 fully saturated rings. The van der Waals surface area contributed by atoms with E-state index in [0.29, 0.717) is 23.6 Å². The first-order valence-electron chi connectivity index (χ1n) is 8.51. The molecule has 1 saturated carbocycles. The Kier molecular flexibility index (Phi) is 4.44. The van der Waals surface area contributed by atoms with E-state index in [4.69, 9.17) is 6.57 Å². The van der Waals surface area contributed by atoms with Crippen LogP contribution in [0.5, 0.6) is 0 Å². The van der Waals surface area contributed by atoms with Crippen molar-refractivity contribution >= 4 is 11.7 Å². The van der Waals surface area contributed by atoms with Gasteiger partial charge >= 0.3 is 5.97 Å². The molecule has 24 heavy (non-hydrogen) atoms. The Morgan fingerprint density at radius 3 is 2.42 bits per heavy atom. The Hall–Kier alpha value is -2.54. The van der Waals surface area contributed by atoms with Gasteiger partial charge in [0, 0.05) is 18.3 Å². The van der Waals surface area contributed by atoms with Crippen molar-refractivity contribution in [2.75, 3.05) is 0 Å². The second-order valence-corrected chi connectivity index (χ2v) is 6.45. The van der Waals surface area contributed by atoms with Crippen molar-refractivity contribution in [1.82, 2.24) is 4.57 Å². The minimum atomic E-state index is -0.989. The fourth-order valence-electron chi connectivity index (χ4n) is 3.95. The van der Waals surface area contributed by atoms with Gasteiger partial charge in [-0.15, -0.1) is 0 Å². The lowest BCUT2D eigenvalue weighted by molar-refractivity contribution is 0.0687. The molecule has 4 heteroatoms. The normalized spacial score (nSPS) is 14.7. The molecule has 0 saturated heterocycles. The second kappa shape index (κ2) is 6.52. The molecule has 0 bridgehead atoms. The van der Waals surface area contributed by atoms with Crippen molar-refractivity contribution in [3.05, 3.63) is 52.6 Å². The third kappa shape index (κ3) is 2.60. The number of aromatic carboxylic acids is 1. The average molecular weight is 322 g/mol. The van der Waals surface area contributed by atoms with E-state index in [2.05, 4.69) is 17.0 Å². The van der Waals surface area contributed by atoms with E-state index in [1.54, 1.807) is 11.6 Å². The molecule has 0 radical (unpaired) electrons. The predicted molar refractivity (Wildman–Crippen MR) is 94.7 cm³/mol. The molecule has 0 atom stereocenters. The molecule has 1 aliphatic carbocycles. The van der Waals surface area contributed by atoms with Crippen LogP contribution in [0.2, 0.25) is 0 Å². The minimum Gasteiger partial charge on any atom is -0.477 e. The first-order chi connectivity index (χ1) is 11.6. The number of rotatable bonds is 4. The molecule has 1 aromatic carbocycles. The highest BCUT2D eigenvalue weighted by atomic mass is 16.4. The number of aromatic nitrogens is 1. The van der Waals surface area contributed by atoms with Gasteiger partial charge < -0.3 is 9.67 Å². The number of benzene rings is 1. The molecule has 0 unspecified atom stereocenters. The molecule has 4 nitrogen and oxygen atoms in total. The van der Waals surface area contributed by atoms with Gasteiger partial charge in [0.25, 0.3) is 0 Å². The van der Waals surface area contributed by atoms with Gasteiger partial charge in [0.15, 0.2) is 0 Å². The highest BCUT2D eigenvalue weighted by molar-refractivity contribution is 6.00. The van der Waals surface area contributed by atoms with Crippen LogP contribution >= 0.6 is 0 Å². The quantitative estimate of drug-likeness (QED) is 0.790. The Morgan fingerprint density at radius 1 is 1.29 bits per heavy atom. The maximum Gasteiger partial charge on any atom is 0.351 e. The van der Waals surface area contributed by atoms with Crippen molar-refractivity contribution in [2.45, 2.75) is 44.9 Å². The summed E-state index contributed by atoms with van der Waals surface area (Å²) in [6, 6.07) is 8.15. The fraction of sp³-hybridized carbons (Fsp3) is 0.400. The van der Waals surface area contributed by atoms with Crippen molar-refractivity contribution in [2.24, 2.45) is 7.05 Å². The first kappa shape index (κ1) is 16.3. The van der Waals surface area contributed by atoms with E-state index in [0.717, 1.165) is 11.3 Å². The van der Waals surface area contributed by atoms with Gasteiger partial charge in [-0.05, 0) is 36.3 Å². The number of nitrogens with zero attached hydrogens (tertiary/aromatic N) is 2. The largest absolute Gasteiger partial charge is 0.477 e. The molecule has 0 aliphatic heterocycles. The Morgan fingerprint density at radius 2 is 1.92 bits per heavy atom. The molecule has 1 heterocycles. The summed E-state index contributed by atoms with van der Waals surface area (Å²) >= 11 is 0. The van der Waals surface area contributed by atoms with Crippen LogP contribution in [0.25, 0.3) is 16.0 Å². The zero-order valence-electron chi connectivity index (χ0n) is 14.2. The van der Waals surface area contributed by atoms with Crippen LogP contribution in [0.1, 0.15) is 60.3 Å². The SMILES string of the molecule is [C-]#[N+]c1c(-c2ccc(C3CCCC3)cc2)c(C(=O)O)n(C)c1CC. The lowest BCUT2D eigenvalue weighted by Gasteiger charge is -2.11. The highest BCUT2D eigenvalue weighted by Crippen LogP contribution is 2.40. The zero-order chi connectivity index (χ0) is 17.3. The van der Waals surface area contributed by atoms with Crippen molar-refractivity contribution in [1.29, 1.82) is 0 Å². The summed E-state index contributed by atoms with van der Waals surface area (Å²) in [6.07, 6.45) is 5.68. The number of carboxylic acids is 1. The molecule has 124 valence electrons. The summed E-state index contributed by atoms with van der Waals surface area (Å²) in [5.74, 6) is -0.364. The third-order valence-electron chi connectivity index (χ3n) is 5.16. The van der Waals surface area contributed by atoms with Crippen LogP contribution in [0.4, 0.5) is 5.69 Å². The Balaban J connectivity index is 2.11. The monoisotopic (exact) mass is 322 g/mol. The minimum absolute atomic E-state index is 0.200. The predicted octanol–water partition coefficient (Wildman–Crippen LogP) is 5.16. The van der Waals surface area contributed by atoms with Crippen LogP contribution in [0, 0.1) is 6.57 Å². The van der Waals surface area contributed by atoms with Crippen LogP contribution in [0.3, 0.4) is 0 Å². The van der Waals surface area contributed by atoms with Gasteiger partial charge in [0.1, 0.15) is 5.69 Å². The molecular weight excluding hydrogens is 300 g/mol. The van der Waals surface area contributed by atoms with Gasteiger partial charge in [-0.2, -0.15) is 0 Å². The van der Waals surface area contributed by atoms with Gasteiger partial charge in [0.2, 0.25) is 5.69 Å². The molecule has 1 aliphatic rings. The number of hydrogen-bond donors (Lipinski definition) is 1. The summed E-state index contributed by atoms with van der Waals surface area (Å²) in [7, 11) is 1.73. The summed E-state index contributed by atoms with van der Waals surface area (Å²) in [4.78, 5) is 15.4. The zero-order valence-corrected chi connectivity index (χ0v) is 14.2. The molecular formula is C20H22N2O2. The Bertz CT molecular complexity index is 804. The van der Waals surface area contributed by atoms with Gasteiger partial charge in [-0.3, -0.25) is 0 Å². The molecule has 2 aromatic rings. The summed E-state index contributed by atoms with van der Waals surface area (Å²) in [5, 5.41) is 9.64. The smallest absolute Gasteiger partial charge is 0.351 e. The van der Waals surface area contributed by atoms with Crippen LogP contribution in [-0.2, 0) is 13.5 Å². The van der Waals surface area contributed by atoms with Gasteiger partial charge in [-0.1, -0.05) is 44.0 Å². The third-order valence-corrected chi connectivity index (χ3v) is 5.16. The molecule has 3 rings (SSSR count). The summed E-state index contributed by atoms with van der Waals surface area (Å²) in [5.41, 5.74) is 4.13. The molecule has 1 N–H and O–H groups in total. The van der Waals surface area contributed by atoms with Crippen molar-refractivity contribution in [3.8, 4) is 11.1 Å². The van der Waals surface area contributed by atoms with Crippen molar-refractivity contribution in [3.63, 3.8) is 0 Å². The van der Waals surface area contributed by atoms with E-state index in [1.807, 2.05) is 19.1 Å². The molecule has 0 spiro atoms. The number of hydrogen-bond acceptors (Lipinski definition) is 1. The van der Waals surface area contributed by atoms with E-state index in [1.165, 1.54) is 31.2 Å².